The van der Waals surface area contributed by atoms with Crippen LogP contribution in [-0.2, 0) is 11.2 Å². The summed E-state index contributed by atoms with van der Waals surface area (Å²) in [5.41, 5.74) is 7.08. The van der Waals surface area contributed by atoms with E-state index in [9.17, 15) is 9.18 Å². The van der Waals surface area contributed by atoms with Crippen LogP contribution in [0.2, 0.25) is 5.02 Å². The van der Waals surface area contributed by atoms with E-state index in [-0.39, 0.29) is 12.2 Å². The Labute approximate surface area is 116 Å². The van der Waals surface area contributed by atoms with Crippen molar-refractivity contribution in [1.82, 2.24) is 0 Å². The molecule has 0 saturated carbocycles. The van der Waals surface area contributed by atoms with Crippen molar-refractivity contribution < 1.29 is 9.18 Å². The minimum Gasteiger partial charge on any atom is -0.318 e. The summed E-state index contributed by atoms with van der Waals surface area (Å²) in [7, 11) is 0. The van der Waals surface area contributed by atoms with E-state index in [1.54, 1.807) is 12.1 Å². The molecule has 0 aliphatic rings. The summed E-state index contributed by atoms with van der Waals surface area (Å²) >= 11 is 5.93. The van der Waals surface area contributed by atoms with Gasteiger partial charge in [-0.3, -0.25) is 4.79 Å². The highest BCUT2D eigenvalue weighted by molar-refractivity contribution is 6.31. The first-order chi connectivity index (χ1) is 9.08. The van der Waals surface area contributed by atoms with Crippen LogP contribution in [-0.4, -0.2) is 5.78 Å². The SMILES string of the molecule is NC(C(=O)Cc1cc(F)ccc1Cl)c1ccccc1. The summed E-state index contributed by atoms with van der Waals surface area (Å²) in [5.74, 6) is -0.612. The molecule has 2 rings (SSSR count). The predicted molar refractivity (Wildman–Crippen MR) is 73.5 cm³/mol. The van der Waals surface area contributed by atoms with E-state index in [2.05, 4.69) is 0 Å². The summed E-state index contributed by atoms with van der Waals surface area (Å²) in [6.45, 7) is 0. The van der Waals surface area contributed by atoms with Crippen LogP contribution in [0.15, 0.2) is 48.5 Å². The van der Waals surface area contributed by atoms with Gasteiger partial charge in [-0.15, -0.1) is 0 Å². The van der Waals surface area contributed by atoms with Crippen molar-refractivity contribution in [2.75, 3.05) is 0 Å². The Kier molecular flexibility index (Phi) is 4.30. The Morgan fingerprint density at radius 1 is 1.21 bits per heavy atom. The van der Waals surface area contributed by atoms with Crippen molar-refractivity contribution in [1.29, 1.82) is 0 Å². The molecule has 2 nitrogen and oxygen atoms in total. The fourth-order valence-corrected chi connectivity index (χ4v) is 2.01. The molecule has 1 atom stereocenters. The molecule has 98 valence electrons. The molecule has 1 unspecified atom stereocenters. The smallest absolute Gasteiger partial charge is 0.158 e. The molecule has 0 saturated heterocycles. The monoisotopic (exact) mass is 277 g/mol. The third kappa shape index (κ3) is 3.40. The normalized spacial score (nSPS) is 12.2. The molecular formula is C15H13ClFNO. The van der Waals surface area contributed by atoms with Crippen LogP contribution in [0.1, 0.15) is 17.2 Å². The summed E-state index contributed by atoms with van der Waals surface area (Å²) in [6.07, 6.45) is 0.0205. The summed E-state index contributed by atoms with van der Waals surface area (Å²) in [6, 6.07) is 12.3. The minimum absolute atomic E-state index is 0.0205. The van der Waals surface area contributed by atoms with Gasteiger partial charge in [0.05, 0.1) is 6.04 Å². The number of nitrogens with two attached hydrogens (primary N) is 1. The molecule has 0 bridgehead atoms. The number of carbonyl (C=O) groups excluding carboxylic acids is 1. The van der Waals surface area contributed by atoms with Crippen LogP contribution in [0.4, 0.5) is 4.39 Å². The second-order valence-electron chi connectivity index (χ2n) is 4.27. The molecule has 0 fully saturated rings. The van der Waals surface area contributed by atoms with Crippen LogP contribution in [0, 0.1) is 5.82 Å². The molecule has 4 heteroatoms. The maximum atomic E-state index is 13.1. The first-order valence-corrected chi connectivity index (χ1v) is 6.23. The highest BCUT2D eigenvalue weighted by Crippen LogP contribution is 2.20. The largest absolute Gasteiger partial charge is 0.318 e. The maximum absolute atomic E-state index is 13.1. The van der Waals surface area contributed by atoms with Crippen LogP contribution in [0.3, 0.4) is 0 Å². The highest BCUT2D eigenvalue weighted by atomic mass is 35.5. The molecule has 2 N–H and O–H groups in total. The van der Waals surface area contributed by atoms with Gasteiger partial charge in [-0.2, -0.15) is 0 Å². The van der Waals surface area contributed by atoms with Crippen molar-refractivity contribution in [3.8, 4) is 0 Å². The van der Waals surface area contributed by atoms with E-state index in [1.807, 2.05) is 18.2 Å². The number of hydrogen-bond donors (Lipinski definition) is 1. The van der Waals surface area contributed by atoms with Gasteiger partial charge >= 0.3 is 0 Å². The highest BCUT2D eigenvalue weighted by Gasteiger charge is 2.17. The van der Waals surface area contributed by atoms with E-state index >= 15 is 0 Å². The number of hydrogen-bond acceptors (Lipinski definition) is 2. The molecule has 0 aliphatic heterocycles. The topological polar surface area (TPSA) is 43.1 Å². The number of rotatable bonds is 4. The lowest BCUT2D eigenvalue weighted by molar-refractivity contribution is -0.119. The third-order valence-electron chi connectivity index (χ3n) is 2.88. The first kappa shape index (κ1) is 13.7. The number of benzene rings is 2. The zero-order valence-electron chi connectivity index (χ0n) is 10.1. The van der Waals surface area contributed by atoms with E-state index in [4.69, 9.17) is 17.3 Å². The zero-order chi connectivity index (χ0) is 13.8. The molecule has 0 aromatic heterocycles. The quantitative estimate of drug-likeness (QED) is 0.932. The van der Waals surface area contributed by atoms with Gasteiger partial charge in [-0.1, -0.05) is 41.9 Å². The van der Waals surface area contributed by atoms with Gasteiger partial charge in [-0.05, 0) is 29.3 Å². The molecule has 0 amide bonds. The van der Waals surface area contributed by atoms with Crippen LogP contribution in [0.5, 0.6) is 0 Å². The summed E-state index contributed by atoms with van der Waals surface area (Å²) in [4.78, 5) is 12.1. The summed E-state index contributed by atoms with van der Waals surface area (Å²) < 4.78 is 13.1. The standard InChI is InChI=1S/C15H13ClFNO/c16-13-7-6-12(17)8-11(13)9-14(19)15(18)10-4-2-1-3-5-10/h1-8,15H,9,18H2. The second kappa shape index (κ2) is 5.95. The third-order valence-corrected chi connectivity index (χ3v) is 3.25. The van der Waals surface area contributed by atoms with Crippen LogP contribution in [0.25, 0.3) is 0 Å². The van der Waals surface area contributed by atoms with Crippen molar-refractivity contribution in [3.05, 3.63) is 70.5 Å². The van der Waals surface area contributed by atoms with Gasteiger partial charge in [0.15, 0.2) is 5.78 Å². The molecule has 0 heterocycles. The maximum Gasteiger partial charge on any atom is 0.158 e. The molecule has 19 heavy (non-hydrogen) atoms. The van der Waals surface area contributed by atoms with E-state index < -0.39 is 11.9 Å². The lowest BCUT2D eigenvalue weighted by Gasteiger charge is -2.11. The molecule has 0 spiro atoms. The Morgan fingerprint density at radius 3 is 2.58 bits per heavy atom. The predicted octanol–water partition coefficient (Wildman–Crippen LogP) is 3.29. The van der Waals surface area contributed by atoms with Gasteiger partial charge in [-0.25, -0.2) is 4.39 Å². The molecule has 0 aliphatic carbocycles. The van der Waals surface area contributed by atoms with Gasteiger partial charge < -0.3 is 5.73 Å². The number of carbonyl (C=O) groups is 1. The Morgan fingerprint density at radius 2 is 1.89 bits per heavy atom. The number of Topliss-reactive ketones (excluding diaryl/α,β-unsaturated/α-hetero) is 1. The molecule has 2 aromatic rings. The van der Waals surface area contributed by atoms with Crippen molar-refractivity contribution in [3.63, 3.8) is 0 Å². The van der Waals surface area contributed by atoms with Crippen molar-refractivity contribution >= 4 is 17.4 Å². The Hall–Kier alpha value is -1.71. The Balaban J connectivity index is 2.15. The first-order valence-electron chi connectivity index (χ1n) is 5.85. The Bertz CT molecular complexity index is 586. The lowest BCUT2D eigenvalue weighted by atomic mass is 9.98. The van der Waals surface area contributed by atoms with Gasteiger partial charge in [0, 0.05) is 11.4 Å². The van der Waals surface area contributed by atoms with Crippen molar-refractivity contribution in [2.45, 2.75) is 12.5 Å². The number of halogens is 2. The van der Waals surface area contributed by atoms with E-state index in [0.29, 0.717) is 10.6 Å². The minimum atomic E-state index is -0.722. The van der Waals surface area contributed by atoms with Gasteiger partial charge in [0.2, 0.25) is 0 Å². The lowest BCUT2D eigenvalue weighted by Crippen LogP contribution is -2.23. The molecular weight excluding hydrogens is 265 g/mol. The zero-order valence-corrected chi connectivity index (χ0v) is 10.9. The average molecular weight is 278 g/mol. The molecule has 2 aromatic carbocycles. The second-order valence-corrected chi connectivity index (χ2v) is 4.67. The fourth-order valence-electron chi connectivity index (χ4n) is 1.82. The number of ketones is 1. The summed E-state index contributed by atoms with van der Waals surface area (Å²) in [5, 5.41) is 0.370. The van der Waals surface area contributed by atoms with E-state index in [1.165, 1.54) is 18.2 Å². The molecule has 0 radical (unpaired) electrons. The average Bonchev–Trinajstić information content (AvgIpc) is 2.43. The van der Waals surface area contributed by atoms with E-state index in [0.717, 1.165) is 5.56 Å². The van der Waals surface area contributed by atoms with Gasteiger partial charge in [0.25, 0.3) is 0 Å². The van der Waals surface area contributed by atoms with Gasteiger partial charge in [0.1, 0.15) is 5.82 Å². The van der Waals surface area contributed by atoms with Crippen LogP contribution >= 0.6 is 11.6 Å². The fraction of sp³-hybridized carbons (Fsp3) is 0.133. The van der Waals surface area contributed by atoms with Crippen molar-refractivity contribution in [2.24, 2.45) is 5.73 Å². The van der Waals surface area contributed by atoms with Crippen LogP contribution < -0.4 is 5.73 Å².